The molecule has 4 rings (SSSR count). The van der Waals surface area contributed by atoms with Gasteiger partial charge in [-0.3, -0.25) is 4.79 Å². The number of benzene rings is 2. The summed E-state index contributed by atoms with van der Waals surface area (Å²) in [5.41, 5.74) is 4.79. The second-order valence-electron chi connectivity index (χ2n) is 7.26. The van der Waals surface area contributed by atoms with E-state index in [1.54, 1.807) is 16.8 Å². The fourth-order valence-corrected chi connectivity index (χ4v) is 3.96. The highest BCUT2D eigenvalue weighted by Gasteiger charge is 2.34. The molecule has 1 aromatic heterocycles. The Morgan fingerprint density at radius 3 is 2.57 bits per heavy atom. The van der Waals surface area contributed by atoms with E-state index >= 15 is 0 Å². The van der Waals surface area contributed by atoms with Crippen LogP contribution in [0.5, 0.6) is 0 Å². The number of allylic oxidation sites excluding steroid dienone is 1. The maximum atomic E-state index is 13.6. The normalized spacial score (nSPS) is 15.6. The summed E-state index contributed by atoms with van der Waals surface area (Å²) in [6.45, 7) is 5.81. The molecule has 0 aliphatic carbocycles. The second kappa shape index (κ2) is 7.95. The second-order valence-corrected chi connectivity index (χ2v) is 8.03. The molecule has 0 bridgehead atoms. The number of fused-ring (bicyclic) bond motifs is 1. The van der Waals surface area contributed by atoms with E-state index in [9.17, 15) is 9.18 Å². The molecule has 0 radical (unpaired) electrons. The molecule has 8 heteroatoms. The lowest BCUT2D eigenvalue weighted by molar-refractivity contribution is -0.113. The summed E-state index contributed by atoms with van der Waals surface area (Å²) in [5.74, 6) is -0.0272. The number of rotatable bonds is 4. The number of amides is 1. The van der Waals surface area contributed by atoms with Gasteiger partial charge in [0.15, 0.2) is 0 Å². The molecular formula is C22H22FN5OS. The van der Waals surface area contributed by atoms with Gasteiger partial charge in [0.25, 0.3) is 5.91 Å². The molecule has 1 aliphatic heterocycles. The van der Waals surface area contributed by atoms with Crippen LogP contribution in [0, 0.1) is 19.7 Å². The topological polar surface area (TPSA) is 71.8 Å². The molecule has 1 atom stereocenters. The number of nitrogens with one attached hydrogen (secondary N) is 2. The number of carbonyl (C=O) groups is 1. The van der Waals surface area contributed by atoms with E-state index in [0.717, 1.165) is 22.4 Å². The van der Waals surface area contributed by atoms with E-state index in [2.05, 4.69) is 20.7 Å². The van der Waals surface area contributed by atoms with Crippen LogP contribution in [-0.2, 0) is 4.79 Å². The van der Waals surface area contributed by atoms with Gasteiger partial charge in [0.05, 0.1) is 5.57 Å². The molecule has 2 N–H and O–H groups in total. The molecule has 0 unspecified atom stereocenters. The minimum absolute atomic E-state index is 0.242. The van der Waals surface area contributed by atoms with Crippen molar-refractivity contribution in [3.8, 4) is 0 Å². The van der Waals surface area contributed by atoms with Gasteiger partial charge in [0.1, 0.15) is 11.9 Å². The lowest BCUT2D eigenvalue weighted by atomic mass is 9.95. The largest absolute Gasteiger partial charge is 0.328 e. The molecule has 1 amide bonds. The third-order valence-corrected chi connectivity index (χ3v) is 5.61. The predicted molar refractivity (Wildman–Crippen MR) is 117 cm³/mol. The van der Waals surface area contributed by atoms with E-state index in [4.69, 9.17) is 0 Å². The summed E-state index contributed by atoms with van der Waals surface area (Å²) in [5, 5.41) is 11.4. The van der Waals surface area contributed by atoms with E-state index in [-0.39, 0.29) is 11.7 Å². The summed E-state index contributed by atoms with van der Waals surface area (Å²) in [7, 11) is 0. The molecule has 2 heterocycles. The molecule has 0 spiro atoms. The molecule has 0 saturated carbocycles. The van der Waals surface area contributed by atoms with Crippen molar-refractivity contribution in [2.75, 3.05) is 16.9 Å². The van der Waals surface area contributed by atoms with Crippen molar-refractivity contribution in [2.45, 2.75) is 32.0 Å². The fraction of sp³-hybridized carbons (Fsp3) is 0.227. The number of carbonyl (C=O) groups excluding carboxylic acids is 1. The minimum Gasteiger partial charge on any atom is -0.328 e. The fourth-order valence-electron chi connectivity index (χ4n) is 3.61. The summed E-state index contributed by atoms with van der Waals surface area (Å²) < 4.78 is 15.2. The third-order valence-electron chi connectivity index (χ3n) is 5.08. The highest BCUT2D eigenvalue weighted by molar-refractivity contribution is 7.98. The molecule has 3 aromatic rings. The Labute approximate surface area is 178 Å². The van der Waals surface area contributed by atoms with Crippen molar-refractivity contribution in [3.05, 3.63) is 76.2 Å². The standard InChI is InChI=1S/C22H22FN5OS/c1-12-5-10-17(13(2)11-12)25-20(29)18-14(3)24-21-26-22(30-4)27-28(21)19(18)15-6-8-16(23)9-7-15/h5-11,19H,1-4H3,(H,25,29)(H,24,26,27)/t19-/m1/s1. The average molecular weight is 424 g/mol. The summed E-state index contributed by atoms with van der Waals surface area (Å²) in [6, 6.07) is 11.5. The smallest absolute Gasteiger partial charge is 0.255 e. The average Bonchev–Trinajstić information content (AvgIpc) is 3.12. The number of halogens is 1. The first-order chi connectivity index (χ1) is 14.4. The van der Waals surface area contributed by atoms with Gasteiger partial charge in [-0.2, -0.15) is 4.98 Å². The monoisotopic (exact) mass is 423 g/mol. The molecule has 6 nitrogen and oxygen atoms in total. The van der Waals surface area contributed by atoms with E-state index in [1.165, 1.54) is 23.9 Å². The Kier molecular flexibility index (Phi) is 5.34. The molecule has 30 heavy (non-hydrogen) atoms. The van der Waals surface area contributed by atoms with Gasteiger partial charge in [-0.25, -0.2) is 9.07 Å². The molecule has 1 aliphatic rings. The highest BCUT2D eigenvalue weighted by Crippen LogP contribution is 2.36. The quantitative estimate of drug-likeness (QED) is 0.596. The van der Waals surface area contributed by atoms with Gasteiger partial charge in [-0.05, 0) is 56.4 Å². The Morgan fingerprint density at radius 2 is 1.90 bits per heavy atom. The lowest BCUT2D eigenvalue weighted by Gasteiger charge is -2.28. The number of hydrogen-bond acceptors (Lipinski definition) is 5. The summed E-state index contributed by atoms with van der Waals surface area (Å²) >= 11 is 1.42. The van der Waals surface area contributed by atoms with Crippen LogP contribution in [0.2, 0.25) is 0 Å². The van der Waals surface area contributed by atoms with Crippen LogP contribution in [-0.4, -0.2) is 26.9 Å². The number of hydrogen-bond donors (Lipinski definition) is 2. The van der Waals surface area contributed by atoms with Crippen LogP contribution in [0.3, 0.4) is 0 Å². The molecule has 154 valence electrons. The third kappa shape index (κ3) is 3.70. The van der Waals surface area contributed by atoms with Gasteiger partial charge in [-0.15, -0.1) is 5.10 Å². The number of aromatic nitrogens is 3. The maximum absolute atomic E-state index is 13.6. The van der Waals surface area contributed by atoms with Crippen LogP contribution in [0.4, 0.5) is 16.0 Å². The lowest BCUT2D eigenvalue weighted by Crippen LogP contribution is -2.31. The number of anilines is 2. The molecule has 0 fully saturated rings. The van der Waals surface area contributed by atoms with Gasteiger partial charge in [0, 0.05) is 11.4 Å². The first-order valence-corrected chi connectivity index (χ1v) is 10.7. The predicted octanol–water partition coefficient (Wildman–Crippen LogP) is 4.68. The Hall–Kier alpha value is -3.13. The van der Waals surface area contributed by atoms with Crippen LogP contribution in [0.25, 0.3) is 0 Å². The van der Waals surface area contributed by atoms with Crippen molar-refractivity contribution in [1.82, 2.24) is 14.8 Å². The van der Waals surface area contributed by atoms with Gasteiger partial charge in [0.2, 0.25) is 11.1 Å². The van der Waals surface area contributed by atoms with Gasteiger partial charge < -0.3 is 10.6 Å². The van der Waals surface area contributed by atoms with E-state index in [1.807, 2.05) is 45.2 Å². The van der Waals surface area contributed by atoms with Crippen LogP contribution in [0.1, 0.15) is 29.7 Å². The number of thioether (sulfide) groups is 1. The van der Waals surface area contributed by atoms with Crippen LogP contribution >= 0.6 is 11.8 Å². The van der Waals surface area contributed by atoms with Crippen LogP contribution in [0.15, 0.2) is 58.9 Å². The first kappa shape index (κ1) is 20.2. The van der Waals surface area contributed by atoms with Crippen LogP contribution < -0.4 is 10.6 Å². The zero-order valence-corrected chi connectivity index (χ0v) is 18.0. The maximum Gasteiger partial charge on any atom is 0.255 e. The Balaban J connectivity index is 1.78. The Bertz CT molecular complexity index is 1150. The summed E-state index contributed by atoms with van der Waals surface area (Å²) in [6.07, 6.45) is 1.89. The van der Waals surface area contributed by atoms with Crippen molar-refractivity contribution >= 4 is 29.3 Å². The van der Waals surface area contributed by atoms with Gasteiger partial charge in [-0.1, -0.05) is 41.6 Å². The number of aryl methyl sites for hydroxylation is 2. The van der Waals surface area contributed by atoms with Crippen molar-refractivity contribution in [3.63, 3.8) is 0 Å². The first-order valence-electron chi connectivity index (χ1n) is 9.49. The zero-order chi connectivity index (χ0) is 21.4. The Morgan fingerprint density at radius 1 is 1.17 bits per heavy atom. The van der Waals surface area contributed by atoms with Crippen molar-refractivity contribution < 1.29 is 9.18 Å². The van der Waals surface area contributed by atoms with Crippen molar-refractivity contribution in [1.29, 1.82) is 0 Å². The molecule has 2 aromatic carbocycles. The number of nitrogens with zero attached hydrogens (tertiary/aromatic N) is 3. The zero-order valence-electron chi connectivity index (χ0n) is 17.2. The molecular weight excluding hydrogens is 401 g/mol. The van der Waals surface area contributed by atoms with Gasteiger partial charge >= 0.3 is 0 Å². The van der Waals surface area contributed by atoms with E-state index in [0.29, 0.717) is 22.4 Å². The minimum atomic E-state index is -0.527. The highest BCUT2D eigenvalue weighted by atomic mass is 32.2. The summed E-state index contributed by atoms with van der Waals surface area (Å²) in [4.78, 5) is 17.9. The molecule has 0 saturated heterocycles. The van der Waals surface area contributed by atoms with E-state index < -0.39 is 6.04 Å². The SMILES string of the molecule is CSc1nc2n(n1)[C@H](c1ccc(F)cc1)C(C(=O)Nc1ccc(C)cc1C)=C(C)N2. The van der Waals surface area contributed by atoms with Crippen molar-refractivity contribution in [2.24, 2.45) is 0 Å².